The predicted molar refractivity (Wildman–Crippen MR) is 145 cm³/mol. The Hall–Kier alpha value is -2.16. The van der Waals surface area contributed by atoms with Crippen LogP contribution in [0.25, 0.3) is 10.9 Å². The summed E-state index contributed by atoms with van der Waals surface area (Å²) in [4.78, 5) is 22.2. The van der Waals surface area contributed by atoms with Gasteiger partial charge in [0.15, 0.2) is 0 Å². The average Bonchev–Trinajstić information content (AvgIpc) is 3.33. The van der Waals surface area contributed by atoms with Gasteiger partial charge in [-0.15, -0.1) is 24.8 Å². The van der Waals surface area contributed by atoms with Crippen LogP contribution in [0.15, 0.2) is 18.2 Å². The highest BCUT2D eigenvalue weighted by atomic mass is 35.5. The van der Waals surface area contributed by atoms with E-state index in [1.54, 1.807) is 7.11 Å². The van der Waals surface area contributed by atoms with Crippen molar-refractivity contribution in [1.29, 1.82) is 5.41 Å². The standard InChI is InChI=1S/C25H36N6O2.2ClH/c1-16-11-12-19-18(13-16)23(30-21-10-6-5-9-20(21)28-22(26)15-33-2)31-24(29-19)25(32)27-14-17-7-3-4-8-17;;/h11-13,17,20-21H,3-10,14-15H2,1-2H3,(H2,26,28)(H,27,32)(H,29,30,31);2*1H/t20-,21+;;/m1../s1. The second-order valence-corrected chi connectivity index (χ2v) is 9.47. The monoisotopic (exact) mass is 524 g/mol. The average molecular weight is 526 g/mol. The molecule has 1 heterocycles. The number of carbonyl (C=O) groups is 1. The van der Waals surface area contributed by atoms with Gasteiger partial charge in [-0.25, -0.2) is 9.97 Å². The largest absolute Gasteiger partial charge is 0.377 e. The van der Waals surface area contributed by atoms with Crippen LogP contribution in [0.3, 0.4) is 0 Å². The molecule has 1 aromatic heterocycles. The van der Waals surface area contributed by atoms with Gasteiger partial charge in [0.25, 0.3) is 5.91 Å². The smallest absolute Gasteiger partial charge is 0.289 e. The van der Waals surface area contributed by atoms with Crippen molar-refractivity contribution in [3.05, 3.63) is 29.6 Å². The first kappa shape index (κ1) is 29.1. The van der Waals surface area contributed by atoms with Gasteiger partial charge >= 0.3 is 0 Å². The molecule has 2 aromatic rings. The maximum atomic E-state index is 12.9. The normalized spacial score (nSPS) is 19.9. The van der Waals surface area contributed by atoms with E-state index in [-0.39, 0.29) is 55.2 Å². The van der Waals surface area contributed by atoms with Crippen LogP contribution >= 0.6 is 24.8 Å². The molecule has 0 radical (unpaired) electrons. The number of nitrogens with one attached hydrogen (secondary N) is 4. The Labute approximate surface area is 220 Å². The lowest BCUT2D eigenvalue weighted by molar-refractivity contribution is 0.0937. The van der Waals surface area contributed by atoms with Gasteiger partial charge in [-0.2, -0.15) is 0 Å². The summed E-state index contributed by atoms with van der Waals surface area (Å²) >= 11 is 0. The maximum Gasteiger partial charge on any atom is 0.289 e. The van der Waals surface area contributed by atoms with Gasteiger partial charge in [0, 0.05) is 31.1 Å². The molecule has 0 bridgehead atoms. The van der Waals surface area contributed by atoms with Crippen LogP contribution in [0.5, 0.6) is 0 Å². The Bertz CT molecular complexity index is 999. The summed E-state index contributed by atoms with van der Waals surface area (Å²) in [7, 11) is 1.60. The zero-order chi connectivity index (χ0) is 23.2. The molecule has 194 valence electrons. The third-order valence-electron chi connectivity index (χ3n) is 6.82. The number of rotatable bonds is 8. The summed E-state index contributed by atoms with van der Waals surface area (Å²) in [6.07, 6.45) is 9.04. The fraction of sp³-hybridized carbons (Fsp3) is 0.600. The molecule has 2 saturated carbocycles. The number of fused-ring (bicyclic) bond motifs is 1. The number of halogens is 2. The molecule has 8 nitrogen and oxygen atoms in total. The molecule has 2 aliphatic rings. The maximum absolute atomic E-state index is 12.9. The third-order valence-corrected chi connectivity index (χ3v) is 6.82. The number of methoxy groups -OCH3 is 1. The van der Waals surface area contributed by atoms with Crippen molar-refractivity contribution in [2.75, 3.05) is 25.6 Å². The second-order valence-electron chi connectivity index (χ2n) is 9.47. The fourth-order valence-electron chi connectivity index (χ4n) is 5.05. The van der Waals surface area contributed by atoms with Gasteiger partial charge in [-0.3, -0.25) is 10.2 Å². The van der Waals surface area contributed by atoms with E-state index in [1.165, 1.54) is 25.7 Å². The molecule has 2 atom stereocenters. The molecule has 0 spiro atoms. The number of amides is 1. The molecule has 4 N–H and O–H groups in total. The molecule has 1 aromatic carbocycles. The molecule has 0 saturated heterocycles. The first-order valence-corrected chi connectivity index (χ1v) is 12.2. The molecule has 0 aliphatic heterocycles. The zero-order valence-electron chi connectivity index (χ0n) is 20.6. The SMILES string of the molecule is COCC(=N)N[C@@H]1CCCC[C@@H]1Nc1nc(C(=O)NCC2CCCC2)nc2ccc(C)cc12.Cl.Cl. The number of hydrogen-bond donors (Lipinski definition) is 4. The number of carbonyl (C=O) groups excluding carboxylic acids is 1. The van der Waals surface area contributed by atoms with E-state index >= 15 is 0 Å². The molecule has 0 unspecified atom stereocenters. The van der Waals surface area contributed by atoms with E-state index < -0.39 is 0 Å². The summed E-state index contributed by atoms with van der Waals surface area (Å²) in [5.41, 5.74) is 1.88. The van der Waals surface area contributed by atoms with Crippen molar-refractivity contribution in [3.8, 4) is 0 Å². The van der Waals surface area contributed by atoms with Crippen LogP contribution in [0, 0.1) is 18.3 Å². The van der Waals surface area contributed by atoms with E-state index in [0.717, 1.165) is 42.1 Å². The molecular formula is C25H38Cl2N6O2. The number of aryl methyl sites for hydroxylation is 1. The summed E-state index contributed by atoms with van der Waals surface area (Å²) < 4.78 is 5.10. The van der Waals surface area contributed by atoms with Crippen LogP contribution < -0.4 is 16.0 Å². The Morgan fingerprint density at radius 3 is 2.46 bits per heavy atom. The molecule has 2 aliphatic carbocycles. The van der Waals surface area contributed by atoms with E-state index in [9.17, 15) is 4.79 Å². The highest BCUT2D eigenvalue weighted by molar-refractivity contribution is 5.96. The first-order chi connectivity index (χ1) is 16.0. The molecular weight excluding hydrogens is 487 g/mol. The lowest BCUT2D eigenvalue weighted by atomic mass is 9.90. The van der Waals surface area contributed by atoms with Crippen molar-refractivity contribution >= 4 is 53.3 Å². The quantitative estimate of drug-likeness (QED) is 0.295. The third kappa shape index (κ3) is 7.66. The van der Waals surface area contributed by atoms with Gasteiger partial charge in [0.2, 0.25) is 5.82 Å². The van der Waals surface area contributed by atoms with Gasteiger partial charge in [0.05, 0.1) is 5.52 Å². The fourth-order valence-corrected chi connectivity index (χ4v) is 5.05. The number of ether oxygens (including phenoxy) is 1. The van der Waals surface area contributed by atoms with Crippen molar-refractivity contribution < 1.29 is 9.53 Å². The van der Waals surface area contributed by atoms with Crippen LogP contribution in [0.1, 0.15) is 67.5 Å². The summed E-state index contributed by atoms with van der Waals surface area (Å²) in [5.74, 6) is 1.62. The molecule has 35 heavy (non-hydrogen) atoms. The van der Waals surface area contributed by atoms with Crippen molar-refractivity contribution in [3.63, 3.8) is 0 Å². The van der Waals surface area contributed by atoms with Gasteiger partial charge in [-0.05, 0) is 50.7 Å². The first-order valence-electron chi connectivity index (χ1n) is 12.2. The van der Waals surface area contributed by atoms with Crippen LogP contribution in [-0.4, -0.2) is 54.1 Å². The predicted octanol–water partition coefficient (Wildman–Crippen LogP) is 4.64. The Kier molecular flexibility index (Phi) is 11.5. The minimum atomic E-state index is -0.215. The van der Waals surface area contributed by atoms with Crippen LogP contribution in [0.4, 0.5) is 5.82 Å². The van der Waals surface area contributed by atoms with Gasteiger partial charge in [0.1, 0.15) is 18.3 Å². The zero-order valence-corrected chi connectivity index (χ0v) is 22.2. The number of hydrogen-bond acceptors (Lipinski definition) is 6. The number of anilines is 1. The number of nitrogens with zero attached hydrogens (tertiary/aromatic N) is 2. The minimum absolute atomic E-state index is 0. The Balaban J connectivity index is 0.00000216. The highest BCUT2D eigenvalue weighted by Gasteiger charge is 2.27. The molecule has 10 heteroatoms. The summed E-state index contributed by atoms with van der Waals surface area (Å²) in [6.45, 7) is 3.00. The van der Waals surface area contributed by atoms with Crippen molar-refractivity contribution in [2.45, 2.75) is 70.4 Å². The number of benzene rings is 1. The molecule has 4 rings (SSSR count). The second kappa shape index (κ2) is 13.8. The van der Waals surface area contributed by atoms with Crippen molar-refractivity contribution in [2.24, 2.45) is 5.92 Å². The van der Waals surface area contributed by atoms with Gasteiger partial charge in [-0.1, -0.05) is 37.3 Å². The summed E-state index contributed by atoms with van der Waals surface area (Å²) in [5, 5.41) is 19.0. The summed E-state index contributed by atoms with van der Waals surface area (Å²) in [6, 6.07) is 6.24. The molecule has 1 amide bonds. The van der Waals surface area contributed by atoms with E-state index in [2.05, 4.69) is 27.0 Å². The Morgan fingerprint density at radius 2 is 1.74 bits per heavy atom. The number of amidine groups is 1. The minimum Gasteiger partial charge on any atom is -0.377 e. The lowest BCUT2D eigenvalue weighted by Gasteiger charge is -2.34. The van der Waals surface area contributed by atoms with Crippen LogP contribution in [-0.2, 0) is 4.74 Å². The van der Waals surface area contributed by atoms with Crippen molar-refractivity contribution in [1.82, 2.24) is 20.6 Å². The van der Waals surface area contributed by atoms with E-state index in [1.807, 2.05) is 19.1 Å². The van der Waals surface area contributed by atoms with Crippen LogP contribution in [0.2, 0.25) is 0 Å². The number of aromatic nitrogens is 2. The van der Waals surface area contributed by atoms with E-state index in [0.29, 0.717) is 24.1 Å². The lowest BCUT2D eigenvalue weighted by Crippen LogP contribution is -2.49. The topological polar surface area (TPSA) is 112 Å². The molecule has 2 fully saturated rings. The Morgan fingerprint density at radius 1 is 1.06 bits per heavy atom. The van der Waals surface area contributed by atoms with E-state index in [4.69, 9.17) is 15.1 Å². The highest BCUT2D eigenvalue weighted by Crippen LogP contribution is 2.27. The van der Waals surface area contributed by atoms with Gasteiger partial charge < -0.3 is 20.7 Å².